The summed E-state index contributed by atoms with van der Waals surface area (Å²) in [6, 6.07) is 0.500. The van der Waals surface area contributed by atoms with Crippen molar-refractivity contribution >= 4 is 5.97 Å². The Labute approximate surface area is 100 Å². The van der Waals surface area contributed by atoms with Crippen LogP contribution in [0.5, 0.6) is 0 Å². The summed E-state index contributed by atoms with van der Waals surface area (Å²) < 4.78 is 4.98. The van der Waals surface area contributed by atoms with Gasteiger partial charge in [-0.3, -0.25) is 4.90 Å². The third kappa shape index (κ3) is 2.49. The fourth-order valence-corrected chi connectivity index (χ4v) is 2.34. The van der Waals surface area contributed by atoms with Crippen molar-refractivity contribution in [2.24, 2.45) is 0 Å². The molecule has 5 nitrogen and oxygen atoms in total. The molecule has 1 N–H and O–H groups in total. The number of rotatable bonds is 3. The molecule has 1 fully saturated rings. The maximum absolute atomic E-state index is 11.0. The number of aryl methyl sites for hydroxylation is 1. The third-order valence-corrected chi connectivity index (χ3v) is 3.49. The lowest BCUT2D eigenvalue weighted by Gasteiger charge is -2.33. The van der Waals surface area contributed by atoms with Gasteiger partial charge in [-0.05, 0) is 33.2 Å². The molecule has 0 radical (unpaired) electrons. The molecule has 0 aromatic carbocycles. The molecular weight excluding hydrogens is 220 g/mol. The average molecular weight is 238 g/mol. The van der Waals surface area contributed by atoms with Gasteiger partial charge in [-0.1, -0.05) is 11.6 Å². The molecule has 17 heavy (non-hydrogen) atoms. The molecule has 1 saturated heterocycles. The van der Waals surface area contributed by atoms with Crippen molar-refractivity contribution in [3.8, 4) is 0 Å². The van der Waals surface area contributed by atoms with Crippen LogP contribution in [0, 0.1) is 6.92 Å². The number of aromatic nitrogens is 1. The van der Waals surface area contributed by atoms with Gasteiger partial charge in [0.1, 0.15) is 5.76 Å². The Bertz CT molecular complexity index is 414. The van der Waals surface area contributed by atoms with E-state index in [0.717, 1.165) is 6.54 Å². The molecule has 0 amide bonds. The second-order valence-corrected chi connectivity index (χ2v) is 4.69. The van der Waals surface area contributed by atoms with E-state index in [0.29, 0.717) is 23.9 Å². The summed E-state index contributed by atoms with van der Waals surface area (Å²) in [5.74, 6) is -0.401. The minimum atomic E-state index is -1.01. The van der Waals surface area contributed by atoms with Crippen molar-refractivity contribution in [3.63, 3.8) is 0 Å². The number of likely N-dealkylation sites (tertiary alicyclic amines) is 1. The number of carboxylic acids is 1. The van der Waals surface area contributed by atoms with Crippen LogP contribution in [0.1, 0.15) is 48.0 Å². The fourth-order valence-electron chi connectivity index (χ4n) is 2.34. The Hall–Kier alpha value is -1.36. The van der Waals surface area contributed by atoms with E-state index in [1.165, 1.54) is 19.3 Å². The van der Waals surface area contributed by atoms with E-state index >= 15 is 0 Å². The van der Waals surface area contributed by atoms with Crippen LogP contribution in [0.4, 0.5) is 0 Å². The third-order valence-electron chi connectivity index (χ3n) is 3.49. The quantitative estimate of drug-likeness (QED) is 0.873. The van der Waals surface area contributed by atoms with E-state index < -0.39 is 5.97 Å². The first-order valence-corrected chi connectivity index (χ1v) is 6.02. The Morgan fingerprint density at radius 3 is 3.00 bits per heavy atom. The van der Waals surface area contributed by atoms with Crippen molar-refractivity contribution in [1.82, 2.24) is 10.1 Å². The molecule has 1 aromatic rings. The van der Waals surface area contributed by atoms with Crippen molar-refractivity contribution in [3.05, 3.63) is 17.0 Å². The molecule has 0 aliphatic carbocycles. The minimum absolute atomic E-state index is 0.0558. The predicted molar refractivity (Wildman–Crippen MR) is 61.9 cm³/mol. The van der Waals surface area contributed by atoms with Crippen molar-refractivity contribution < 1.29 is 14.4 Å². The normalized spacial score (nSPS) is 21.6. The van der Waals surface area contributed by atoms with E-state index in [9.17, 15) is 4.79 Å². The summed E-state index contributed by atoms with van der Waals surface area (Å²) in [4.78, 5) is 13.3. The molecule has 94 valence electrons. The van der Waals surface area contributed by atoms with Gasteiger partial charge in [-0.25, -0.2) is 4.79 Å². The maximum Gasteiger partial charge on any atom is 0.358 e. The van der Waals surface area contributed by atoms with E-state index in [4.69, 9.17) is 9.63 Å². The highest BCUT2D eigenvalue weighted by atomic mass is 16.5. The number of hydrogen-bond donors (Lipinski definition) is 1. The van der Waals surface area contributed by atoms with Crippen LogP contribution in [0.3, 0.4) is 0 Å². The number of hydrogen-bond acceptors (Lipinski definition) is 4. The molecule has 0 bridgehead atoms. The van der Waals surface area contributed by atoms with Gasteiger partial charge >= 0.3 is 5.97 Å². The van der Waals surface area contributed by atoms with Crippen molar-refractivity contribution in [2.45, 2.75) is 45.7 Å². The molecular formula is C12H18N2O3. The first-order chi connectivity index (χ1) is 8.09. The highest BCUT2D eigenvalue weighted by Gasteiger charge is 2.24. The van der Waals surface area contributed by atoms with Crippen LogP contribution in [0.2, 0.25) is 0 Å². The van der Waals surface area contributed by atoms with Crippen molar-refractivity contribution in [2.75, 3.05) is 6.54 Å². The molecule has 1 aliphatic rings. The molecule has 1 unspecified atom stereocenters. The lowest BCUT2D eigenvalue weighted by Crippen LogP contribution is -2.37. The summed E-state index contributed by atoms with van der Waals surface area (Å²) in [5, 5.41) is 12.6. The first kappa shape index (κ1) is 12.1. The molecule has 1 aromatic heterocycles. The van der Waals surface area contributed by atoms with Crippen molar-refractivity contribution in [1.29, 1.82) is 0 Å². The molecule has 0 spiro atoms. The number of nitrogens with zero attached hydrogens (tertiary/aromatic N) is 2. The monoisotopic (exact) mass is 238 g/mol. The van der Waals surface area contributed by atoms with Gasteiger partial charge in [-0.15, -0.1) is 0 Å². The Balaban J connectivity index is 2.17. The molecule has 1 aliphatic heterocycles. The maximum atomic E-state index is 11.0. The second kappa shape index (κ2) is 4.87. The van der Waals surface area contributed by atoms with Crippen LogP contribution in [-0.2, 0) is 6.54 Å². The molecule has 2 heterocycles. The predicted octanol–water partition coefficient (Wildman–Crippen LogP) is 2.06. The lowest BCUT2D eigenvalue weighted by molar-refractivity contribution is 0.0682. The molecule has 5 heteroatoms. The zero-order valence-corrected chi connectivity index (χ0v) is 10.3. The number of carbonyl (C=O) groups is 1. The van der Waals surface area contributed by atoms with Gasteiger partial charge in [0.25, 0.3) is 0 Å². The summed E-state index contributed by atoms with van der Waals surface area (Å²) in [6.07, 6.45) is 3.61. The molecule has 0 saturated carbocycles. The lowest BCUT2D eigenvalue weighted by atomic mass is 10.0. The summed E-state index contributed by atoms with van der Waals surface area (Å²) >= 11 is 0. The van der Waals surface area contributed by atoms with Crippen LogP contribution in [-0.4, -0.2) is 33.7 Å². The molecule has 1 atom stereocenters. The van der Waals surface area contributed by atoms with E-state index in [2.05, 4.69) is 17.0 Å². The fraction of sp³-hybridized carbons (Fsp3) is 0.667. The van der Waals surface area contributed by atoms with E-state index in [1.54, 1.807) is 6.92 Å². The summed E-state index contributed by atoms with van der Waals surface area (Å²) in [6.45, 7) is 5.59. The second-order valence-electron chi connectivity index (χ2n) is 4.69. The van der Waals surface area contributed by atoms with Gasteiger partial charge in [0.15, 0.2) is 5.69 Å². The molecule has 2 rings (SSSR count). The van der Waals surface area contributed by atoms with Crippen LogP contribution in [0.25, 0.3) is 0 Å². The van der Waals surface area contributed by atoms with Gasteiger partial charge in [0.2, 0.25) is 0 Å². The Kier molecular flexibility index (Phi) is 3.47. The van der Waals surface area contributed by atoms with E-state index in [1.807, 2.05) is 0 Å². The standard InChI is InChI=1S/C12H18N2O3/c1-8-5-3-4-6-14(8)7-10-9(2)17-13-11(10)12(15)16/h8H,3-7H2,1-2H3,(H,15,16). The largest absolute Gasteiger partial charge is 0.476 e. The van der Waals surface area contributed by atoms with Crippen LogP contribution in [0.15, 0.2) is 4.52 Å². The van der Waals surface area contributed by atoms with Crippen LogP contribution >= 0.6 is 0 Å². The minimum Gasteiger partial charge on any atom is -0.476 e. The average Bonchev–Trinajstić information content (AvgIpc) is 2.64. The topological polar surface area (TPSA) is 66.6 Å². The van der Waals surface area contributed by atoms with Gasteiger partial charge < -0.3 is 9.63 Å². The zero-order valence-electron chi connectivity index (χ0n) is 10.3. The number of carboxylic acid groups (broad SMARTS) is 1. The van der Waals surface area contributed by atoms with Gasteiger partial charge in [0.05, 0.1) is 0 Å². The van der Waals surface area contributed by atoms with E-state index in [-0.39, 0.29) is 5.69 Å². The first-order valence-electron chi connectivity index (χ1n) is 6.02. The van der Waals surface area contributed by atoms with Gasteiger partial charge in [-0.2, -0.15) is 0 Å². The smallest absolute Gasteiger partial charge is 0.358 e. The SMILES string of the molecule is Cc1onc(C(=O)O)c1CN1CCCCC1C. The summed E-state index contributed by atoms with van der Waals surface area (Å²) in [5.41, 5.74) is 0.770. The Morgan fingerprint density at radius 2 is 2.35 bits per heavy atom. The number of aromatic carboxylic acids is 1. The highest BCUT2D eigenvalue weighted by Crippen LogP contribution is 2.22. The zero-order chi connectivity index (χ0) is 12.4. The number of piperidine rings is 1. The highest BCUT2D eigenvalue weighted by molar-refractivity contribution is 5.87. The van der Waals surface area contributed by atoms with Gasteiger partial charge in [0, 0.05) is 18.2 Å². The summed E-state index contributed by atoms with van der Waals surface area (Å²) in [7, 11) is 0. The Morgan fingerprint density at radius 1 is 1.59 bits per heavy atom. The van der Waals surface area contributed by atoms with Crippen LogP contribution < -0.4 is 0 Å².